The van der Waals surface area contributed by atoms with Crippen molar-refractivity contribution in [2.45, 2.75) is 6.92 Å². The lowest BCUT2D eigenvalue weighted by atomic mass is 10.1. The monoisotopic (exact) mass is 326 g/mol. The molecule has 1 N–H and O–H groups in total. The van der Waals surface area contributed by atoms with Crippen LogP contribution in [0.15, 0.2) is 36.4 Å². The lowest BCUT2D eigenvalue weighted by molar-refractivity contribution is 0.0523. The van der Waals surface area contributed by atoms with Crippen LogP contribution >= 0.6 is 0 Å². The van der Waals surface area contributed by atoms with Gasteiger partial charge in [-0.15, -0.1) is 0 Å². The van der Waals surface area contributed by atoms with Crippen LogP contribution in [0.25, 0.3) is 0 Å². The van der Waals surface area contributed by atoms with Crippen molar-refractivity contribution in [2.24, 2.45) is 0 Å². The minimum Gasteiger partial charge on any atom is -0.507 e. The van der Waals surface area contributed by atoms with Crippen LogP contribution in [-0.4, -0.2) is 31.9 Å². The van der Waals surface area contributed by atoms with Crippen molar-refractivity contribution >= 4 is 5.97 Å². The van der Waals surface area contributed by atoms with E-state index in [9.17, 15) is 9.90 Å². The zero-order chi connectivity index (χ0) is 17.5. The number of phenols is 1. The molecule has 0 heterocycles. The Bertz CT molecular complexity index is 799. The van der Waals surface area contributed by atoms with Gasteiger partial charge in [-0.2, -0.15) is 0 Å². The fourth-order valence-electron chi connectivity index (χ4n) is 2.04. The van der Waals surface area contributed by atoms with Crippen LogP contribution < -0.4 is 9.47 Å². The summed E-state index contributed by atoms with van der Waals surface area (Å²) in [4.78, 5) is 11.8. The molecule has 0 aliphatic rings. The molecular formula is C19H18O5. The molecule has 0 atom stereocenters. The van der Waals surface area contributed by atoms with Crippen molar-refractivity contribution in [3.63, 3.8) is 0 Å². The number of ether oxygens (including phenoxy) is 3. The zero-order valence-corrected chi connectivity index (χ0v) is 13.8. The average molecular weight is 326 g/mol. The molecule has 0 aromatic heterocycles. The van der Waals surface area contributed by atoms with Gasteiger partial charge in [-0.3, -0.25) is 0 Å². The number of methoxy groups -OCH3 is 2. The summed E-state index contributed by atoms with van der Waals surface area (Å²) < 4.78 is 15.4. The molecule has 0 saturated carbocycles. The van der Waals surface area contributed by atoms with E-state index in [0.29, 0.717) is 22.6 Å². The highest BCUT2D eigenvalue weighted by molar-refractivity contribution is 5.92. The maximum Gasteiger partial charge on any atom is 0.341 e. The highest BCUT2D eigenvalue weighted by Gasteiger charge is 2.12. The van der Waals surface area contributed by atoms with Gasteiger partial charge in [0.15, 0.2) is 0 Å². The van der Waals surface area contributed by atoms with Crippen LogP contribution in [0.3, 0.4) is 0 Å². The van der Waals surface area contributed by atoms with Gasteiger partial charge in [-0.05, 0) is 43.3 Å². The number of aromatic hydroxyl groups is 1. The van der Waals surface area contributed by atoms with Crippen molar-refractivity contribution < 1.29 is 24.1 Å². The van der Waals surface area contributed by atoms with Crippen molar-refractivity contribution in [1.29, 1.82) is 0 Å². The third-order valence-corrected chi connectivity index (χ3v) is 3.24. The van der Waals surface area contributed by atoms with E-state index in [2.05, 4.69) is 11.8 Å². The molecular weight excluding hydrogens is 308 g/mol. The first-order valence-electron chi connectivity index (χ1n) is 7.33. The van der Waals surface area contributed by atoms with Gasteiger partial charge >= 0.3 is 5.97 Å². The fourth-order valence-corrected chi connectivity index (χ4v) is 2.04. The number of benzene rings is 2. The first kappa shape index (κ1) is 17.2. The first-order chi connectivity index (χ1) is 11.6. The second kappa shape index (κ2) is 7.93. The van der Waals surface area contributed by atoms with Crippen LogP contribution in [0.1, 0.15) is 28.4 Å². The van der Waals surface area contributed by atoms with E-state index in [0.717, 1.165) is 0 Å². The summed E-state index contributed by atoms with van der Waals surface area (Å²) >= 11 is 0. The van der Waals surface area contributed by atoms with Gasteiger partial charge in [0.25, 0.3) is 0 Å². The summed E-state index contributed by atoms with van der Waals surface area (Å²) in [5.74, 6) is 6.49. The molecule has 0 aliphatic carbocycles. The molecule has 0 bridgehead atoms. The predicted octanol–water partition coefficient (Wildman–Crippen LogP) is 2.99. The Morgan fingerprint density at radius 2 is 1.88 bits per heavy atom. The van der Waals surface area contributed by atoms with E-state index >= 15 is 0 Å². The third kappa shape index (κ3) is 3.99. The molecule has 0 spiro atoms. The quantitative estimate of drug-likeness (QED) is 0.691. The third-order valence-electron chi connectivity index (χ3n) is 3.24. The zero-order valence-electron chi connectivity index (χ0n) is 13.8. The first-order valence-corrected chi connectivity index (χ1v) is 7.33. The molecule has 24 heavy (non-hydrogen) atoms. The molecule has 124 valence electrons. The Morgan fingerprint density at radius 1 is 1.08 bits per heavy atom. The van der Waals surface area contributed by atoms with Gasteiger partial charge in [0.05, 0.1) is 26.4 Å². The Balaban J connectivity index is 2.38. The molecule has 5 nitrogen and oxygen atoms in total. The van der Waals surface area contributed by atoms with E-state index in [-0.39, 0.29) is 17.9 Å². The number of phenolic OH excluding ortho intramolecular Hbond substituents is 1. The summed E-state index contributed by atoms with van der Waals surface area (Å²) in [5, 5.41) is 9.78. The second-order valence-electron chi connectivity index (χ2n) is 4.77. The summed E-state index contributed by atoms with van der Waals surface area (Å²) in [6.45, 7) is 1.93. The summed E-state index contributed by atoms with van der Waals surface area (Å²) in [6, 6.07) is 9.84. The largest absolute Gasteiger partial charge is 0.507 e. The minimum atomic E-state index is -0.586. The number of carbonyl (C=O) groups excluding carboxylic acids is 1. The van der Waals surface area contributed by atoms with Gasteiger partial charge < -0.3 is 19.3 Å². The van der Waals surface area contributed by atoms with Crippen molar-refractivity contribution in [2.75, 3.05) is 20.8 Å². The number of esters is 1. The second-order valence-corrected chi connectivity index (χ2v) is 4.77. The standard InChI is InChI=1S/C19H18O5/c1-4-24-19(21)16-11-13(6-9-17(16)20)5-7-14-12-15(22-2)8-10-18(14)23-3/h6,8-12,20H,4H2,1-3H3. The Morgan fingerprint density at radius 3 is 2.54 bits per heavy atom. The molecule has 0 aliphatic heterocycles. The van der Waals surface area contributed by atoms with Crippen LogP contribution in [0.4, 0.5) is 0 Å². The molecule has 5 heteroatoms. The molecule has 0 fully saturated rings. The molecule has 0 amide bonds. The maximum atomic E-state index is 11.8. The van der Waals surface area contributed by atoms with E-state index in [1.54, 1.807) is 45.4 Å². The Kier molecular flexibility index (Phi) is 5.69. The molecule has 0 saturated heterocycles. The number of rotatable bonds is 4. The summed E-state index contributed by atoms with van der Waals surface area (Å²) in [6.07, 6.45) is 0. The molecule has 2 aromatic rings. The Hall–Kier alpha value is -3.13. The van der Waals surface area contributed by atoms with Crippen LogP contribution in [-0.2, 0) is 4.74 Å². The number of hydrogen-bond acceptors (Lipinski definition) is 5. The van der Waals surface area contributed by atoms with E-state index < -0.39 is 5.97 Å². The average Bonchev–Trinajstić information content (AvgIpc) is 2.60. The Labute approximate surface area is 140 Å². The lowest BCUT2D eigenvalue weighted by Crippen LogP contribution is -2.05. The molecule has 0 radical (unpaired) electrons. The van der Waals surface area contributed by atoms with Gasteiger partial charge in [0.2, 0.25) is 0 Å². The lowest BCUT2D eigenvalue weighted by Gasteiger charge is -2.06. The minimum absolute atomic E-state index is 0.0845. The van der Waals surface area contributed by atoms with Crippen LogP contribution in [0.5, 0.6) is 17.2 Å². The highest BCUT2D eigenvalue weighted by Crippen LogP contribution is 2.23. The van der Waals surface area contributed by atoms with Gasteiger partial charge in [-0.25, -0.2) is 4.79 Å². The number of hydrogen-bond donors (Lipinski definition) is 1. The van der Waals surface area contributed by atoms with Crippen molar-refractivity contribution in [1.82, 2.24) is 0 Å². The van der Waals surface area contributed by atoms with E-state index in [1.165, 1.54) is 12.1 Å². The normalized spacial score (nSPS) is 9.62. The highest BCUT2D eigenvalue weighted by atomic mass is 16.5. The predicted molar refractivity (Wildman–Crippen MR) is 89.6 cm³/mol. The van der Waals surface area contributed by atoms with E-state index in [4.69, 9.17) is 14.2 Å². The maximum absolute atomic E-state index is 11.8. The topological polar surface area (TPSA) is 65.0 Å². The van der Waals surface area contributed by atoms with Gasteiger partial charge in [0.1, 0.15) is 22.8 Å². The molecule has 2 aromatic carbocycles. The van der Waals surface area contributed by atoms with Crippen molar-refractivity contribution in [3.8, 4) is 29.1 Å². The SMILES string of the molecule is CCOC(=O)c1cc(C#Cc2cc(OC)ccc2OC)ccc1O. The van der Waals surface area contributed by atoms with E-state index in [1.807, 2.05) is 0 Å². The van der Waals surface area contributed by atoms with Crippen LogP contribution in [0, 0.1) is 11.8 Å². The van der Waals surface area contributed by atoms with Gasteiger partial charge in [0, 0.05) is 5.56 Å². The van der Waals surface area contributed by atoms with Crippen LogP contribution in [0.2, 0.25) is 0 Å². The fraction of sp³-hybridized carbons (Fsp3) is 0.211. The molecule has 2 rings (SSSR count). The smallest absolute Gasteiger partial charge is 0.341 e. The van der Waals surface area contributed by atoms with Crippen molar-refractivity contribution in [3.05, 3.63) is 53.1 Å². The van der Waals surface area contributed by atoms with Gasteiger partial charge in [-0.1, -0.05) is 11.8 Å². The summed E-state index contributed by atoms with van der Waals surface area (Å²) in [5.41, 5.74) is 1.31. The number of carbonyl (C=O) groups is 1. The molecule has 0 unspecified atom stereocenters. The summed E-state index contributed by atoms with van der Waals surface area (Å²) in [7, 11) is 3.14.